The molecule has 142 valence electrons. The summed E-state index contributed by atoms with van der Waals surface area (Å²) < 4.78 is 5.75. The quantitative estimate of drug-likeness (QED) is 0.422. The Hall–Kier alpha value is -3.05. The highest BCUT2D eigenvalue weighted by Crippen LogP contribution is 2.21. The number of nitrogens with one attached hydrogen (secondary N) is 1. The first-order valence-electron chi connectivity index (χ1n) is 9.02. The van der Waals surface area contributed by atoms with Crippen molar-refractivity contribution < 1.29 is 9.53 Å². The van der Waals surface area contributed by atoms with Crippen molar-refractivity contribution in [3.63, 3.8) is 0 Å². The molecule has 0 saturated heterocycles. The van der Waals surface area contributed by atoms with Crippen LogP contribution in [0.3, 0.4) is 0 Å². The van der Waals surface area contributed by atoms with E-state index in [0.717, 1.165) is 22.8 Å². The summed E-state index contributed by atoms with van der Waals surface area (Å²) in [6.07, 6.45) is 1.62. The van der Waals surface area contributed by atoms with E-state index in [9.17, 15) is 4.79 Å². The third-order valence-corrected chi connectivity index (χ3v) is 5.17. The van der Waals surface area contributed by atoms with Crippen LogP contribution in [0.2, 0.25) is 0 Å². The van der Waals surface area contributed by atoms with Crippen molar-refractivity contribution in [2.24, 2.45) is 5.10 Å². The van der Waals surface area contributed by atoms with Crippen LogP contribution in [-0.2, 0) is 10.5 Å². The van der Waals surface area contributed by atoms with Gasteiger partial charge in [-0.3, -0.25) is 4.79 Å². The van der Waals surface area contributed by atoms with Crippen molar-refractivity contribution in [3.8, 4) is 11.5 Å². The highest BCUT2D eigenvalue weighted by molar-refractivity contribution is 7.99. The number of hydrazone groups is 1. The molecule has 0 radical (unpaired) electrons. The maximum absolute atomic E-state index is 12.1. The fraction of sp³-hybridized carbons (Fsp3) is 0.130. The Kier molecular flexibility index (Phi) is 7.27. The summed E-state index contributed by atoms with van der Waals surface area (Å²) in [5, 5.41) is 3.87. The SMILES string of the molecule is CC(SCc1ccccc1)C(=O)NN=Cc1ccc(Oc2ccccc2)cc1. The molecule has 28 heavy (non-hydrogen) atoms. The molecule has 1 unspecified atom stereocenters. The monoisotopic (exact) mass is 390 g/mol. The minimum atomic E-state index is -0.181. The topological polar surface area (TPSA) is 50.7 Å². The van der Waals surface area contributed by atoms with Crippen LogP contribution in [0.15, 0.2) is 90.0 Å². The van der Waals surface area contributed by atoms with Crippen molar-refractivity contribution >= 4 is 23.9 Å². The maximum Gasteiger partial charge on any atom is 0.252 e. The maximum atomic E-state index is 12.1. The highest BCUT2D eigenvalue weighted by atomic mass is 32.2. The van der Waals surface area contributed by atoms with Crippen LogP contribution in [0.25, 0.3) is 0 Å². The average molecular weight is 391 g/mol. The Morgan fingerprint density at radius 1 is 0.964 bits per heavy atom. The van der Waals surface area contributed by atoms with E-state index >= 15 is 0 Å². The first kappa shape index (κ1) is 19.7. The lowest BCUT2D eigenvalue weighted by Gasteiger charge is -2.09. The molecule has 0 aliphatic carbocycles. The molecule has 0 spiro atoms. The lowest BCUT2D eigenvalue weighted by molar-refractivity contribution is -0.120. The molecule has 0 aliphatic rings. The molecule has 0 bridgehead atoms. The van der Waals surface area contributed by atoms with Crippen LogP contribution in [-0.4, -0.2) is 17.4 Å². The van der Waals surface area contributed by atoms with E-state index in [0.29, 0.717) is 0 Å². The highest BCUT2D eigenvalue weighted by Gasteiger charge is 2.12. The van der Waals surface area contributed by atoms with Gasteiger partial charge in [0.05, 0.1) is 11.5 Å². The van der Waals surface area contributed by atoms with E-state index < -0.39 is 0 Å². The largest absolute Gasteiger partial charge is 0.457 e. The summed E-state index contributed by atoms with van der Waals surface area (Å²) in [6.45, 7) is 1.88. The van der Waals surface area contributed by atoms with Crippen LogP contribution in [0.1, 0.15) is 18.1 Å². The second-order valence-electron chi connectivity index (χ2n) is 6.16. The number of thioether (sulfide) groups is 1. The van der Waals surface area contributed by atoms with E-state index in [4.69, 9.17) is 4.74 Å². The van der Waals surface area contributed by atoms with Gasteiger partial charge in [-0.2, -0.15) is 5.10 Å². The molecule has 1 N–H and O–H groups in total. The zero-order valence-corrected chi connectivity index (χ0v) is 16.4. The Labute approximate surface area is 169 Å². The number of carbonyl (C=O) groups is 1. The van der Waals surface area contributed by atoms with Gasteiger partial charge in [-0.15, -0.1) is 11.8 Å². The molecule has 5 heteroatoms. The van der Waals surface area contributed by atoms with E-state index in [2.05, 4.69) is 22.7 Å². The number of amides is 1. The van der Waals surface area contributed by atoms with E-state index in [1.54, 1.807) is 18.0 Å². The number of benzene rings is 3. The molecule has 0 heterocycles. The number of rotatable bonds is 8. The van der Waals surface area contributed by atoms with E-state index in [1.165, 1.54) is 5.56 Å². The number of nitrogens with zero attached hydrogens (tertiary/aromatic N) is 1. The van der Waals surface area contributed by atoms with E-state index in [1.807, 2.05) is 79.7 Å². The number of carbonyl (C=O) groups excluding carboxylic acids is 1. The van der Waals surface area contributed by atoms with Crippen molar-refractivity contribution in [1.29, 1.82) is 0 Å². The molecule has 0 fully saturated rings. The summed E-state index contributed by atoms with van der Waals surface area (Å²) in [7, 11) is 0. The van der Waals surface area contributed by atoms with Crippen LogP contribution in [0.4, 0.5) is 0 Å². The Bertz CT molecular complexity index is 897. The molecule has 3 aromatic rings. The third-order valence-electron chi connectivity index (χ3n) is 3.96. The van der Waals surface area contributed by atoms with Crippen LogP contribution >= 0.6 is 11.8 Å². The van der Waals surface area contributed by atoms with Gasteiger partial charge in [-0.05, 0) is 54.4 Å². The molecule has 1 atom stereocenters. The van der Waals surface area contributed by atoms with Gasteiger partial charge in [0.1, 0.15) is 11.5 Å². The third kappa shape index (κ3) is 6.28. The van der Waals surface area contributed by atoms with Crippen LogP contribution in [0.5, 0.6) is 11.5 Å². The molecule has 3 aromatic carbocycles. The fourth-order valence-electron chi connectivity index (χ4n) is 2.38. The Morgan fingerprint density at radius 3 is 2.25 bits per heavy atom. The van der Waals surface area contributed by atoms with Gasteiger partial charge in [0.25, 0.3) is 5.91 Å². The number of para-hydroxylation sites is 1. The number of ether oxygens (including phenoxy) is 1. The fourth-order valence-corrected chi connectivity index (χ4v) is 3.22. The first-order chi connectivity index (χ1) is 13.7. The summed E-state index contributed by atoms with van der Waals surface area (Å²) in [6, 6.07) is 27.2. The zero-order valence-electron chi connectivity index (χ0n) is 15.6. The molecular formula is C23H22N2O2S. The van der Waals surface area contributed by atoms with Gasteiger partial charge in [0.15, 0.2) is 0 Å². The van der Waals surface area contributed by atoms with Gasteiger partial charge in [-0.1, -0.05) is 48.5 Å². The summed E-state index contributed by atoms with van der Waals surface area (Å²) in [4.78, 5) is 12.1. The first-order valence-corrected chi connectivity index (χ1v) is 10.1. The molecule has 3 rings (SSSR count). The zero-order chi connectivity index (χ0) is 19.6. The minimum Gasteiger partial charge on any atom is -0.457 e. The van der Waals surface area contributed by atoms with Crippen LogP contribution in [0, 0.1) is 0 Å². The smallest absolute Gasteiger partial charge is 0.252 e. The van der Waals surface area contributed by atoms with Gasteiger partial charge in [0.2, 0.25) is 0 Å². The molecule has 0 saturated carbocycles. The van der Waals surface area contributed by atoms with Crippen LogP contribution < -0.4 is 10.2 Å². The predicted octanol–water partition coefficient (Wildman–Crippen LogP) is 5.25. The lowest BCUT2D eigenvalue weighted by atomic mass is 10.2. The minimum absolute atomic E-state index is 0.110. The average Bonchev–Trinajstić information content (AvgIpc) is 2.74. The van der Waals surface area contributed by atoms with Gasteiger partial charge in [0, 0.05) is 5.75 Å². The molecular weight excluding hydrogens is 368 g/mol. The Balaban J connectivity index is 1.45. The number of hydrogen-bond acceptors (Lipinski definition) is 4. The van der Waals surface area contributed by atoms with Crippen molar-refractivity contribution in [3.05, 3.63) is 96.1 Å². The summed E-state index contributed by atoms with van der Waals surface area (Å²) >= 11 is 1.58. The van der Waals surface area contributed by atoms with E-state index in [-0.39, 0.29) is 11.2 Å². The molecule has 1 amide bonds. The van der Waals surface area contributed by atoms with Gasteiger partial charge in [-0.25, -0.2) is 5.43 Å². The summed E-state index contributed by atoms with van der Waals surface area (Å²) in [5.74, 6) is 2.22. The molecule has 0 aromatic heterocycles. The standard InChI is InChI=1S/C23H22N2O2S/c1-18(28-17-20-8-4-2-5-9-20)23(26)25-24-16-19-12-14-22(15-13-19)27-21-10-6-3-7-11-21/h2-16,18H,17H2,1H3,(H,25,26). The molecule has 4 nitrogen and oxygen atoms in total. The molecule has 0 aliphatic heterocycles. The second-order valence-corrected chi connectivity index (χ2v) is 7.49. The lowest BCUT2D eigenvalue weighted by Crippen LogP contribution is -2.26. The normalized spacial score (nSPS) is 11.9. The van der Waals surface area contributed by atoms with Gasteiger partial charge >= 0.3 is 0 Å². The Morgan fingerprint density at radius 2 is 1.57 bits per heavy atom. The van der Waals surface area contributed by atoms with Crippen molar-refractivity contribution in [1.82, 2.24) is 5.43 Å². The van der Waals surface area contributed by atoms with Crippen molar-refractivity contribution in [2.75, 3.05) is 0 Å². The number of hydrogen-bond donors (Lipinski definition) is 1. The predicted molar refractivity (Wildman–Crippen MR) is 116 cm³/mol. The summed E-state index contributed by atoms with van der Waals surface area (Å²) in [5.41, 5.74) is 4.68. The van der Waals surface area contributed by atoms with Crippen molar-refractivity contribution in [2.45, 2.75) is 17.9 Å². The second kappa shape index (κ2) is 10.3. The van der Waals surface area contributed by atoms with Gasteiger partial charge < -0.3 is 4.74 Å².